The summed E-state index contributed by atoms with van der Waals surface area (Å²) in [6.07, 6.45) is 2.54. The second-order valence-corrected chi connectivity index (χ2v) is 6.32. The molecule has 0 amide bonds. The van der Waals surface area contributed by atoms with Crippen LogP contribution >= 0.6 is 0 Å². The Balaban J connectivity index is 2.04. The highest BCUT2D eigenvalue weighted by molar-refractivity contribution is 7.89. The van der Waals surface area contributed by atoms with Gasteiger partial charge in [-0.2, -0.15) is 4.98 Å². The van der Waals surface area contributed by atoms with Crippen molar-refractivity contribution in [2.24, 2.45) is 5.73 Å². The molecule has 2 atom stereocenters. The molecule has 1 aliphatic rings. The van der Waals surface area contributed by atoms with Crippen molar-refractivity contribution in [2.45, 2.75) is 30.8 Å². The summed E-state index contributed by atoms with van der Waals surface area (Å²) in [7, 11) is -3.16. The highest BCUT2D eigenvalue weighted by Crippen LogP contribution is 2.30. The largest absolute Gasteiger partial charge is 0.366 e. The van der Waals surface area contributed by atoms with Crippen LogP contribution in [-0.2, 0) is 20.3 Å². The Labute approximate surface area is 99.2 Å². The molecular formula is C9H15N3O4S. The van der Waals surface area contributed by atoms with Gasteiger partial charge in [0.15, 0.2) is 9.84 Å². The number of rotatable bonds is 4. The first kappa shape index (κ1) is 12.5. The maximum Gasteiger partial charge on any atom is 0.241 e. The summed E-state index contributed by atoms with van der Waals surface area (Å²) in [4.78, 5) is 4.02. The van der Waals surface area contributed by atoms with Gasteiger partial charge >= 0.3 is 0 Å². The third-order valence-electron chi connectivity index (χ3n) is 2.53. The number of sulfone groups is 1. The van der Waals surface area contributed by atoms with Crippen LogP contribution in [0, 0.1) is 0 Å². The molecule has 1 fully saturated rings. The predicted octanol–water partition coefficient (Wildman–Crippen LogP) is -0.207. The van der Waals surface area contributed by atoms with Crippen LogP contribution in [0.25, 0.3) is 0 Å². The topological polar surface area (TPSA) is 108 Å². The van der Waals surface area contributed by atoms with Gasteiger partial charge < -0.3 is 15.0 Å². The molecule has 17 heavy (non-hydrogen) atoms. The molecule has 1 aromatic rings. The highest BCUT2D eigenvalue weighted by Gasteiger charge is 2.29. The lowest BCUT2D eigenvalue weighted by atomic mass is 10.2. The molecular weight excluding hydrogens is 246 g/mol. The van der Waals surface area contributed by atoms with Crippen molar-refractivity contribution in [3.05, 3.63) is 11.7 Å². The molecule has 0 bridgehead atoms. The monoisotopic (exact) mass is 261 g/mol. The van der Waals surface area contributed by atoms with Gasteiger partial charge in [-0.15, -0.1) is 0 Å². The van der Waals surface area contributed by atoms with Gasteiger partial charge in [0.05, 0.1) is 6.10 Å². The second-order valence-electron chi connectivity index (χ2n) is 4.18. The molecule has 1 saturated heterocycles. The molecule has 1 aromatic heterocycles. The number of aromatic nitrogens is 2. The second kappa shape index (κ2) is 4.71. The quantitative estimate of drug-likeness (QED) is 0.798. The summed E-state index contributed by atoms with van der Waals surface area (Å²) >= 11 is 0. The lowest BCUT2D eigenvalue weighted by Crippen LogP contribution is -2.19. The first-order chi connectivity index (χ1) is 7.98. The molecule has 96 valence electrons. The van der Waals surface area contributed by atoms with Gasteiger partial charge in [0.2, 0.25) is 11.7 Å². The van der Waals surface area contributed by atoms with Crippen LogP contribution < -0.4 is 5.73 Å². The smallest absolute Gasteiger partial charge is 0.241 e. The number of nitrogens with two attached hydrogens (primary N) is 1. The molecule has 0 saturated carbocycles. The van der Waals surface area contributed by atoms with Gasteiger partial charge in [0.1, 0.15) is 11.9 Å². The Morgan fingerprint density at radius 3 is 2.82 bits per heavy atom. The summed E-state index contributed by atoms with van der Waals surface area (Å²) < 4.78 is 32.6. The maximum atomic E-state index is 11.1. The summed E-state index contributed by atoms with van der Waals surface area (Å²) in [5.74, 6) is 0.259. The van der Waals surface area contributed by atoms with Gasteiger partial charge in [-0.25, -0.2) is 8.42 Å². The van der Waals surface area contributed by atoms with E-state index in [9.17, 15) is 8.42 Å². The van der Waals surface area contributed by atoms with Crippen molar-refractivity contribution in [2.75, 3.05) is 12.8 Å². The van der Waals surface area contributed by atoms with E-state index in [1.807, 2.05) is 0 Å². The zero-order chi connectivity index (χ0) is 12.5. The summed E-state index contributed by atoms with van der Waals surface area (Å²) in [5.41, 5.74) is 5.49. The van der Waals surface area contributed by atoms with Crippen LogP contribution in [0.3, 0.4) is 0 Å². The van der Waals surface area contributed by atoms with Crippen molar-refractivity contribution in [1.29, 1.82) is 0 Å². The van der Waals surface area contributed by atoms with E-state index in [0.29, 0.717) is 12.4 Å². The lowest BCUT2D eigenvalue weighted by Gasteiger charge is -2.07. The number of hydrogen-bond donors (Lipinski definition) is 1. The Hall–Kier alpha value is -0.990. The third-order valence-corrected chi connectivity index (χ3v) is 3.30. The SMILES string of the molecule is CS(=O)(=O)Cc1nc(C2CCC(CN)O2)no1. The van der Waals surface area contributed by atoms with Gasteiger partial charge in [-0.3, -0.25) is 0 Å². The molecule has 0 radical (unpaired) electrons. The van der Waals surface area contributed by atoms with Crippen molar-refractivity contribution in [1.82, 2.24) is 10.1 Å². The van der Waals surface area contributed by atoms with Crippen LogP contribution in [0.2, 0.25) is 0 Å². The van der Waals surface area contributed by atoms with E-state index >= 15 is 0 Å². The molecule has 0 aromatic carbocycles. The van der Waals surface area contributed by atoms with Gasteiger partial charge in [-0.1, -0.05) is 5.16 Å². The third kappa shape index (κ3) is 3.24. The molecule has 0 aliphatic carbocycles. The minimum atomic E-state index is -3.16. The first-order valence-corrected chi connectivity index (χ1v) is 7.39. The molecule has 7 nitrogen and oxygen atoms in total. The Bertz CT molecular complexity index is 484. The molecule has 0 spiro atoms. The van der Waals surface area contributed by atoms with Crippen LogP contribution in [0.4, 0.5) is 0 Å². The molecule has 2 N–H and O–H groups in total. The Morgan fingerprint density at radius 2 is 2.24 bits per heavy atom. The van der Waals surface area contributed by atoms with Gasteiger partial charge in [-0.05, 0) is 12.8 Å². The van der Waals surface area contributed by atoms with E-state index in [4.69, 9.17) is 15.0 Å². The highest BCUT2D eigenvalue weighted by atomic mass is 32.2. The lowest BCUT2D eigenvalue weighted by molar-refractivity contribution is 0.0435. The van der Waals surface area contributed by atoms with Crippen LogP contribution in [-0.4, -0.2) is 37.5 Å². The minimum Gasteiger partial charge on any atom is -0.366 e. The maximum absolute atomic E-state index is 11.1. The number of nitrogens with zero attached hydrogens (tertiary/aromatic N) is 2. The van der Waals surface area contributed by atoms with E-state index < -0.39 is 9.84 Å². The molecule has 2 rings (SSSR count). The van der Waals surface area contributed by atoms with E-state index in [-0.39, 0.29) is 23.9 Å². The minimum absolute atomic E-state index is 0.0249. The van der Waals surface area contributed by atoms with Crippen molar-refractivity contribution < 1.29 is 17.7 Å². The van der Waals surface area contributed by atoms with E-state index in [1.165, 1.54) is 0 Å². The fraction of sp³-hybridized carbons (Fsp3) is 0.778. The van der Waals surface area contributed by atoms with E-state index in [2.05, 4.69) is 10.1 Å². The standard InChI is InChI=1S/C9H15N3O4S/c1-17(13,14)5-8-11-9(12-16-8)7-3-2-6(4-10)15-7/h6-7H,2-5,10H2,1H3. The average Bonchev–Trinajstić information content (AvgIpc) is 2.82. The molecule has 2 unspecified atom stereocenters. The summed E-state index contributed by atoms with van der Waals surface area (Å²) in [6.45, 7) is 0.463. The summed E-state index contributed by atoms with van der Waals surface area (Å²) in [5, 5.41) is 3.73. The van der Waals surface area contributed by atoms with Crippen molar-refractivity contribution in [3.8, 4) is 0 Å². The normalized spacial score (nSPS) is 25.3. The number of ether oxygens (including phenoxy) is 1. The average molecular weight is 261 g/mol. The Kier molecular flexibility index (Phi) is 3.45. The fourth-order valence-electron chi connectivity index (χ4n) is 1.75. The zero-order valence-electron chi connectivity index (χ0n) is 9.50. The van der Waals surface area contributed by atoms with Gasteiger partial charge in [0.25, 0.3) is 0 Å². The van der Waals surface area contributed by atoms with E-state index in [0.717, 1.165) is 19.1 Å². The molecule has 8 heteroatoms. The first-order valence-electron chi connectivity index (χ1n) is 5.33. The Morgan fingerprint density at radius 1 is 1.47 bits per heavy atom. The van der Waals surface area contributed by atoms with Gasteiger partial charge in [0, 0.05) is 12.8 Å². The number of hydrogen-bond acceptors (Lipinski definition) is 7. The van der Waals surface area contributed by atoms with E-state index in [1.54, 1.807) is 0 Å². The predicted molar refractivity (Wildman–Crippen MR) is 58.7 cm³/mol. The fourth-order valence-corrected chi connectivity index (χ4v) is 2.32. The van der Waals surface area contributed by atoms with Crippen molar-refractivity contribution in [3.63, 3.8) is 0 Å². The van der Waals surface area contributed by atoms with Crippen LogP contribution in [0.5, 0.6) is 0 Å². The van der Waals surface area contributed by atoms with Crippen LogP contribution in [0.15, 0.2) is 4.52 Å². The van der Waals surface area contributed by atoms with Crippen molar-refractivity contribution >= 4 is 9.84 Å². The van der Waals surface area contributed by atoms with Crippen LogP contribution in [0.1, 0.15) is 30.7 Å². The molecule has 1 aliphatic heterocycles. The zero-order valence-corrected chi connectivity index (χ0v) is 10.3. The molecule has 2 heterocycles. The summed E-state index contributed by atoms with van der Waals surface area (Å²) in [6, 6.07) is 0.